The molecule has 1 aromatic carbocycles. The molecule has 3 heterocycles. The van der Waals surface area contributed by atoms with Gasteiger partial charge in [-0.25, -0.2) is 9.97 Å². The van der Waals surface area contributed by atoms with E-state index >= 15 is 0 Å². The zero-order valence-corrected chi connectivity index (χ0v) is 14.2. The molecule has 0 aliphatic rings. The summed E-state index contributed by atoms with van der Waals surface area (Å²) in [5, 5.41) is 2.18. The lowest BCUT2D eigenvalue weighted by Crippen LogP contribution is -2.25. The summed E-state index contributed by atoms with van der Waals surface area (Å²) in [4.78, 5) is 45.3. The van der Waals surface area contributed by atoms with Gasteiger partial charge >= 0.3 is 5.97 Å². The van der Waals surface area contributed by atoms with Crippen LogP contribution in [0.1, 0.15) is 5.69 Å². The molecular weight excluding hydrogens is 356 g/mol. The second-order valence-electron chi connectivity index (χ2n) is 5.50. The zero-order valence-electron chi connectivity index (χ0n) is 13.4. The second-order valence-corrected chi connectivity index (χ2v) is 6.37. The van der Waals surface area contributed by atoms with Crippen molar-refractivity contribution >= 4 is 33.2 Å². The van der Waals surface area contributed by atoms with Crippen LogP contribution in [0.4, 0.5) is 0 Å². The van der Waals surface area contributed by atoms with Crippen molar-refractivity contribution in [3.63, 3.8) is 0 Å². The highest BCUT2D eigenvalue weighted by atomic mass is 32.1. The number of benzene rings is 1. The van der Waals surface area contributed by atoms with Crippen LogP contribution in [0.3, 0.4) is 0 Å². The molecule has 0 unspecified atom stereocenters. The van der Waals surface area contributed by atoms with Gasteiger partial charge in [0.2, 0.25) is 0 Å². The summed E-state index contributed by atoms with van der Waals surface area (Å²) in [5.41, 5.74) is 0.368. The SMILES string of the molecule is O=C(Cn1cnc2ccccc2c1=O)OCc1cc(=O)n2ccsc2n1. The lowest BCUT2D eigenvalue weighted by molar-refractivity contribution is -0.145. The van der Waals surface area contributed by atoms with Crippen LogP contribution in [-0.4, -0.2) is 24.9 Å². The maximum Gasteiger partial charge on any atom is 0.326 e. The third kappa shape index (κ3) is 3.00. The summed E-state index contributed by atoms with van der Waals surface area (Å²) in [5.74, 6) is -0.614. The quantitative estimate of drug-likeness (QED) is 0.503. The number of carbonyl (C=O) groups is 1. The van der Waals surface area contributed by atoms with Gasteiger partial charge in [0.25, 0.3) is 11.1 Å². The molecule has 4 rings (SSSR count). The number of esters is 1. The lowest BCUT2D eigenvalue weighted by atomic mass is 10.2. The van der Waals surface area contributed by atoms with Gasteiger partial charge in [0, 0.05) is 17.6 Å². The predicted molar refractivity (Wildman–Crippen MR) is 95.1 cm³/mol. The largest absolute Gasteiger partial charge is 0.458 e. The average Bonchev–Trinajstić information content (AvgIpc) is 3.12. The molecule has 0 saturated carbocycles. The van der Waals surface area contributed by atoms with Gasteiger partial charge in [-0.3, -0.25) is 23.4 Å². The standard InChI is InChI=1S/C17H12N4O4S/c22-14-7-11(19-17-21(14)5-6-26-17)9-25-15(23)8-20-10-18-13-4-2-1-3-12(13)16(20)24/h1-7,10H,8-9H2. The number of carbonyl (C=O) groups excluding carboxylic acids is 1. The van der Waals surface area contributed by atoms with Gasteiger partial charge in [-0.2, -0.15) is 0 Å². The molecule has 8 nitrogen and oxygen atoms in total. The van der Waals surface area contributed by atoms with Gasteiger partial charge in [-0.15, -0.1) is 11.3 Å². The van der Waals surface area contributed by atoms with Gasteiger partial charge < -0.3 is 4.74 Å². The Morgan fingerprint density at radius 1 is 1.23 bits per heavy atom. The molecule has 3 aromatic heterocycles. The molecule has 0 aliphatic heterocycles. The molecule has 0 aliphatic carbocycles. The first-order valence-electron chi connectivity index (χ1n) is 7.67. The molecule has 130 valence electrons. The van der Waals surface area contributed by atoms with Gasteiger partial charge in [0.15, 0.2) is 4.96 Å². The van der Waals surface area contributed by atoms with E-state index in [1.807, 2.05) is 0 Å². The fourth-order valence-corrected chi connectivity index (χ4v) is 3.26. The first-order chi connectivity index (χ1) is 12.6. The molecule has 0 radical (unpaired) electrons. The van der Waals surface area contributed by atoms with Gasteiger partial charge in [0.05, 0.1) is 22.9 Å². The van der Waals surface area contributed by atoms with Gasteiger partial charge in [-0.05, 0) is 12.1 Å². The first kappa shape index (κ1) is 16.2. The fourth-order valence-electron chi connectivity index (χ4n) is 2.52. The average molecular weight is 368 g/mol. The smallest absolute Gasteiger partial charge is 0.326 e. The number of para-hydroxylation sites is 1. The summed E-state index contributed by atoms with van der Waals surface area (Å²) >= 11 is 1.31. The van der Waals surface area contributed by atoms with Gasteiger partial charge in [0.1, 0.15) is 13.2 Å². The van der Waals surface area contributed by atoms with E-state index in [-0.39, 0.29) is 24.3 Å². The molecule has 0 N–H and O–H groups in total. The van der Waals surface area contributed by atoms with E-state index in [4.69, 9.17) is 4.74 Å². The molecular formula is C17H12N4O4S. The van der Waals surface area contributed by atoms with Crippen molar-refractivity contribution in [3.05, 3.63) is 74.6 Å². The zero-order chi connectivity index (χ0) is 18.1. The Hall–Kier alpha value is -3.33. The Morgan fingerprint density at radius 2 is 2.08 bits per heavy atom. The second kappa shape index (κ2) is 6.52. The van der Waals surface area contributed by atoms with E-state index in [0.29, 0.717) is 21.6 Å². The third-order valence-corrected chi connectivity index (χ3v) is 4.52. The minimum absolute atomic E-state index is 0.141. The van der Waals surface area contributed by atoms with Crippen LogP contribution in [0.2, 0.25) is 0 Å². The van der Waals surface area contributed by atoms with E-state index < -0.39 is 5.97 Å². The number of fused-ring (bicyclic) bond motifs is 2. The van der Waals surface area contributed by atoms with Crippen molar-refractivity contribution in [2.24, 2.45) is 0 Å². The van der Waals surface area contributed by atoms with Crippen LogP contribution < -0.4 is 11.1 Å². The van der Waals surface area contributed by atoms with Crippen molar-refractivity contribution in [2.75, 3.05) is 0 Å². The predicted octanol–water partition coefficient (Wildman–Crippen LogP) is 1.21. The Kier molecular flexibility index (Phi) is 4.05. The number of nitrogens with zero attached hydrogens (tertiary/aromatic N) is 4. The molecule has 0 bridgehead atoms. The molecule has 4 aromatic rings. The van der Waals surface area contributed by atoms with Crippen LogP contribution >= 0.6 is 11.3 Å². The maximum atomic E-state index is 12.4. The minimum atomic E-state index is -0.614. The fraction of sp³-hybridized carbons (Fsp3) is 0.118. The Balaban J connectivity index is 1.49. The van der Waals surface area contributed by atoms with E-state index in [9.17, 15) is 14.4 Å². The molecule has 9 heteroatoms. The summed E-state index contributed by atoms with van der Waals surface area (Å²) < 4.78 is 7.75. The van der Waals surface area contributed by atoms with Crippen molar-refractivity contribution in [1.82, 2.24) is 18.9 Å². The highest BCUT2D eigenvalue weighted by Crippen LogP contribution is 2.08. The first-order valence-corrected chi connectivity index (χ1v) is 8.55. The molecule has 0 saturated heterocycles. The molecule has 0 atom stereocenters. The van der Waals surface area contributed by atoms with E-state index in [0.717, 1.165) is 0 Å². The van der Waals surface area contributed by atoms with E-state index in [1.165, 1.54) is 32.7 Å². The Bertz CT molecular complexity index is 1240. The van der Waals surface area contributed by atoms with Crippen molar-refractivity contribution < 1.29 is 9.53 Å². The molecule has 0 amide bonds. The van der Waals surface area contributed by atoms with E-state index in [2.05, 4.69) is 9.97 Å². The summed E-state index contributed by atoms with van der Waals surface area (Å²) in [6, 6.07) is 8.22. The molecule has 0 fully saturated rings. The van der Waals surface area contributed by atoms with Crippen molar-refractivity contribution in [1.29, 1.82) is 0 Å². The monoisotopic (exact) mass is 368 g/mol. The van der Waals surface area contributed by atoms with Crippen LogP contribution in [0.25, 0.3) is 15.9 Å². The lowest BCUT2D eigenvalue weighted by Gasteiger charge is -2.07. The molecule has 0 spiro atoms. The topological polar surface area (TPSA) is 95.6 Å². The van der Waals surface area contributed by atoms with Crippen molar-refractivity contribution in [2.45, 2.75) is 13.2 Å². The van der Waals surface area contributed by atoms with Crippen LogP contribution in [0.5, 0.6) is 0 Å². The minimum Gasteiger partial charge on any atom is -0.458 e. The summed E-state index contributed by atoms with van der Waals surface area (Å²) in [6.07, 6.45) is 2.94. The number of aromatic nitrogens is 4. The summed E-state index contributed by atoms with van der Waals surface area (Å²) in [6.45, 7) is -0.408. The highest BCUT2D eigenvalue weighted by molar-refractivity contribution is 7.15. The number of ether oxygens (including phenoxy) is 1. The maximum absolute atomic E-state index is 12.4. The van der Waals surface area contributed by atoms with Crippen LogP contribution in [0, 0.1) is 0 Å². The summed E-state index contributed by atoms with van der Waals surface area (Å²) in [7, 11) is 0. The Morgan fingerprint density at radius 3 is 2.96 bits per heavy atom. The van der Waals surface area contributed by atoms with Crippen LogP contribution in [0.15, 0.2) is 57.8 Å². The number of thiazole rings is 1. The van der Waals surface area contributed by atoms with Gasteiger partial charge in [-0.1, -0.05) is 12.1 Å². The van der Waals surface area contributed by atoms with E-state index in [1.54, 1.807) is 35.8 Å². The normalized spacial score (nSPS) is 11.1. The number of rotatable bonds is 4. The van der Waals surface area contributed by atoms with Crippen molar-refractivity contribution in [3.8, 4) is 0 Å². The third-order valence-electron chi connectivity index (χ3n) is 3.77. The number of hydrogen-bond donors (Lipinski definition) is 0. The number of hydrogen-bond acceptors (Lipinski definition) is 7. The highest BCUT2D eigenvalue weighted by Gasteiger charge is 2.10. The van der Waals surface area contributed by atoms with Crippen LogP contribution in [-0.2, 0) is 22.7 Å². The molecule has 26 heavy (non-hydrogen) atoms. The Labute approximate surface area is 150 Å².